The van der Waals surface area contributed by atoms with Crippen LogP contribution in [-0.4, -0.2) is 67.3 Å². The van der Waals surface area contributed by atoms with Crippen LogP contribution < -0.4 is 9.64 Å². The number of aromatic nitrogens is 2. The number of carbonyl (C=O) groups is 1. The molecule has 0 saturated heterocycles. The van der Waals surface area contributed by atoms with Crippen molar-refractivity contribution in [3.05, 3.63) is 48.3 Å². The minimum absolute atomic E-state index is 0.0398. The average molecular weight is 493 g/mol. The van der Waals surface area contributed by atoms with Crippen LogP contribution in [0.25, 0.3) is 22.0 Å². The summed E-state index contributed by atoms with van der Waals surface area (Å²) in [4.78, 5) is 25.9. The number of rotatable bonds is 9. The van der Waals surface area contributed by atoms with Crippen molar-refractivity contribution in [1.82, 2.24) is 14.9 Å². The molecule has 0 aliphatic heterocycles. The second kappa shape index (κ2) is 12.8. The number of benzene rings is 1. The van der Waals surface area contributed by atoms with Crippen molar-refractivity contribution in [1.29, 1.82) is 0 Å². The lowest BCUT2D eigenvalue weighted by atomic mass is 9.86. The highest BCUT2D eigenvalue weighted by Gasteiger charge is 2.37. The smallest absolute Gasteiger partial charge is 0.224 e. The van der Waals surface area contributed by atoms with Crippen molar-refractivity contribution in [3.8, 4) is 17.0 Å². The Morgan fingerprint density at radius 1 is 1.06 bits per heavy atom. The van der Waals surface area contributed by atoms with Gasteiger partial charge in [-0.15, -0.1) is 0 Å². The molecular weight excluding hydrogens is 452 g/mol. The first-order chi connectivity index (χ1) is 17.4. The molecule has 0 radical (unpaired) electrons. The minimum Gasteiger partial charge on any atom is -0.478 e. The number of carbonyl (C=O) groups excluding carboxylic acids is 1. The number of hydrogen-bond acceptors (Lipinski definition) is 6. The van der Waals surface area contributed by atoms with E-state index in [9.17, 15) is 4.79 Å². The number of anilines is 1. The van der Waals surface area contributed by atoms with Gasteiger partial charge in [-0.05, 0) is 69.6 Å². The predicted octanol–water partition coefficient (Wildman–Crippen LogP) is 5.49. The van der Waals surface area contributed by atoms with Crippen molar-refractivity contribution in [3.63, 3.8) is 0 Å². The van der Waals surface area contributed by atoms with Crippen LogP contribution in [0.15, 0.2) is 42.7 Å². The summed E-state index contributed by atoms with van der Waals surface area (Å²) in [5.41, 5.74) is 4.81. The molecule has 1 aliphatic rings. The first kappa shape index (κ1) is 27.6. The molecule has 0 bridgehead atoms. The molecule has 3 aromatic rings. The molecule has 0 atom stereocenters. The number of pyridine rings is 2. The van der Waals surface area contributed by atoms with E-state index in [4.69, 9.17) is 9.47 Å². The highest BCUT2D eigenvalue weighted by atomic mass is 16.5. The second-order valence-corrected chi connectivity index (χ2v) is 9.28. The molecule has 7 heteroatoms. The fourth-order valence-corrected chi connectivity index (χ4v) is 4.51. The van der Waals surface area contributed by atoms with Crippen LogP contribution in [-0.2, 0) is 9.53 Å². The molecule has 1 aromatic carbocycles. The van der Waals surface area contributed by atoms with Gasteiger partial charge in [0.2, 0.25) is 11.8 Å². The monoisotopic (exact) mass is 492 g/mol. The van der Waals surface area contributed by atoms with Gasteiger partial charge in [-0.2, -0.15) is 0 Å². The molecule has 2 aromatic heterocycles. The standard InChI is InChI=1S/C27H34N4O3.C2H6/c1-18-16-28-25-9-7-20(21-8-10-26(29-17-21)34-12-6-11-30(3)4)13-24(25)27(18)31(19(2)32)22-14-23(15-22)33-5;1-2/h7-10,13,16-17,22-23H,6,11-12,14-15H2,1-5H3;1-2H3. The molecule has 194 valence electrons. The van der Waals surface area contributed by atoms with Crippen molar-refractivity contribution in [2.24, 2.45) is 0 Å². The van der Waals surface area contributed by atoms with Gasteiger partial charge in [-0.3, -0.25) is 9.78 Å². The number of fused-ring (bicyclic) bond motifs is 1. The van der Waals surface area contributed by atoms with Crippen LogP contribution >= 0.6 is 0 Å². The zero-order valence-corrected chi connectivity index (χ0v) is 22.7. The van der Waals surface area contributed by atoms with Gasteiger partial charge in [0, 0.05) is 56.0 Å². The van der Waals surface area contributed by atoms with Gasteiger partial charge < -0.3 is 19.3 Å². The van der Waals surface area contributed by atoms with E-state index in [0.29, 0.717) is 12.5 Å². The Morgan fingerprint density at radius 2 is 1.78 bits per heavy atom. The molecule has 1 fully saturated rings. The van der Waals surface area contributed by atoms with E-state index in [2.05, 4.69) is 35.0 Å². The number of ether oxygens (including phenoxy) is 2. The first-order valence-electron chi connectivity index (χ1n) is 12.8. The van der Waals surface area contributed by atoms with Crippen molar-refractivity contribution in [2.45, 2.75) is 59.1 Å². The summed E-state index contributed by atoms with van der Waals surface area (Å²) in [7, 11) is 5.83. The third-order valence-corrected chi connectivity index (χ3v) is 6.44. The highest BCUT2D eigenvalue weighted by Crippen LogP contribution is 2.38. The van der Waals surface area contributed by atoms with Gasteiger partial charge in [-0.25, -0.2) is 4.98 Å². The maximum atomic E-state index is 12.7. The lowest BCUT2D eigenvalue weighted by Gasteiger charge is -2.42. The van der Waals surface area contributed by atoms with Gasteiger partial charge in [0.25, 0.3) is 0 Å². The van der Waals surface area contributed by atoms with E-state index in [-0.39, 0.29) is 18.1 Å². The molecule has 4 rings (SSSR count). The fraction of sp³-hybridized carbons (Fsp3) is 0.483. The SMILES string of the molecule is CC.COC1CC(N(C(C)=O)c2c(C)cnc3ccc(-c4ccc(OCCCN(C)C)nc4)cc23)C1. The van der Waals surface area contributed by atoms with E-state index in [1.165, 1.54) is 0 Å². The fourth-order valence-electron chi connectivity index (χ4n) is 4.51. The third kappa shape index (κ3) is 6.39. The Labute approximate surface area is 215 Å². The maximum Gasteiger partial charge on any atom is 0.224 e. The average Bonchev–Trinajstić information content (AvgIpc) is 2.85. The molecular formula is C29H40N4O3. The number of aryl methyl sites for hydroxylation is 1. The van der Waals surface area contributed by atoms with Crippen LogP contribution in [0.3, 0.4) is 0 Å². The third-order valence-electron chi connectivity index (χ3n) is 6.44. The quantitative estimate of drug-likeness (QED) is 0.368. The van der Waals surface area contributed by atoms with E-state index in [0.717, 1.165) is 59.1 Å². The lowest BCUT2D eigenvalue weighted by molar-refractivity contribution is -0.118. The van der Waals surface area contributed by atoms with Gasteiger partial charge in [0.15, 0.2) is 0 Å². The zero-order chi connectivity index (χ0) is 26.2. The maximum absolute atomic E-state index is 12.7. The highest BCUT2D eigenvalue weighted by molar-refractivity contribution is 6.04. The topological polar surface area (TPSA) is 67.8 Å². The van der Waals surface area contributed by atoms with Crippen LogP contribution in [0.5, 0.6) is 5.88 Å². The lowest BCUT2D eigenvalue weighted by Crippen LogP contribution is -2.50. The molecule has 0 N–H and O–H groups in total. The van der Waals surface area contributed by atoms with Gasteiger partial charge in [-0.1, -0.05) is 19.9 Å². The molecule has 1 saturated carbocycles. The number of nitrogens with zero attached hydrogens (tertiary/aromatic N) is 4. The second-order valence-electron chi connectivity index (χ2n) is 9.28. The Kier molecular flexibility index (Phi) is 9.79. The molecule has 0 spiro atoms. The summed E-state index contributed by atoms with van der Waals surface area (Å²) in [6, 6.07) is 10.2. The van der Waals surface area contributed by atoms with Gasteiger partial charge in [0.05, 0.1) is 23.9 Å². The summed E-state index contributed by atoms with van der Waals surface area (Å²) in [6.07, 6.45) is 6.55. The van der Waals surface area contributed by atoms with Crippen LogP contribution in [0.1, 0.15) is 45.6 Å². The summed E-state index contributed by atoms with van der Waals surface area (Å²) in [5, 5.41) is 0.970. The number of methoxy groups -OCH3 is 1. The summed E-state index contributed by atoms with van der Waals surface area (Å²) in [6.45, 7) is 9.27. The molecule has 1 aliphatic carbocycles. The molecule has 7 nitrogen and oxygen atoms in total. The number of hydrogen-bond donors (Lipinski definition) is 0. The van der Waals surface area contributed by atoms with Gasteiger partial charge >= 0.3 is 0 Å². The van der Waals surface area contributed by atoms with Crippen molar-refractivity contribution >= 4 is 22.5 Å². The largest absolute Gasteiger partial charge is 0.478 e. The van der Waals surface area contributed by atoms with E-state index in [1.807, 2.05) is 62.3 Å². The van der Waals surface area contributed by atoms with E-state index in [1.54, 1.807) is 14.0 Å². The Morgan fingerprint density at radius 3 is 2.39 bits per heavy atom. The normalized spacial score (nSPS) is 16.8. The zero-order valence-electron chi connectivity index (χ0n) is 22.7. The van der Waals surface area contributed by atoms with Crippen molar-refractivity contribution in [2.75, 3.05) is 39.3 Å². The van der Waals surface area contributed by atoms with Crippen LogP contribution in [0.2, 0.25) is 0 Å². The molecule has 1 amide bonds. The molecule has 2 heterocycles. The molecule has 36 heavy (non-hydrogen) atoms. The predicted molar refractivity (Wildman–Crippen MR) is 147 cm³/mol. The van der Waals surface area contributed by atoms with Crippen LogP contribution in [0.4, 0.5) is 5.69 Å². The first-order valence-corrected chi connectivity index (χ1v) is 12.8. The number of amides is 1. The summed E-state index contributed by atoms with van der Waals surface area (Å²) in [5.74, 6) is 0.667. The minimum atomic E-state index is 0.0398. The Hall–Kier alpha value is -3.03. The Bertz CT molecular complexity index is 1140. The van der Waals surface area contributed by atoms with Crippen LogP contribution in [0, 0.1) is 6.92 Å². The van der Waals surface area contributed by atoms with Crippen molar-refractivity contribution < 1.29 is 14.3 Å². The van der Waals surface area contributed by atoms with E-state index < -0.39 is 0 Å². The molecule has 0 unspecified atom stereocenters. The van der Waals surface area contributed by atoms with Gasteiger partial charge in [0.1, 0.15) is 0 Å². The summed E-state index contributed by atoms with van der Waals surface area (Å²) >= 11 is 0. The summed E-state index contributed by atoms with van der Waals surface area (Å²) < 4.78 is 11.2. The Balaban J connectivity index is 0.00000176. The van der Waals surface area contributed by atoms with E-state index >= 15 is 0 Å².